The van der Waals surface area contributed by atoms with Gasteiger partial charge in [0.05, 0.1) is 30.0 Å². The molecule has 1 aromatic rings. The molecule has 2 fully saturated rings. The summed E-state index contributed by atoms with van der Waals surface area (Å²) in [4.78, 5) is 0. The van der Waals surface area contributed by atoms with Gasteiger partial charge in [-0.1, -0.05) is 6.08 Å². The lowest BCUT2D eigenvalue weighted by Crippen LogP contribution is -2.41. The van der Waals surface area contributed by atoms with Crippen molar-refractivity contribution in [1.29, 1.82) is 0 Å². The molecule has 0 aromatic carbocycles. The van der Waals surface area contributed by atoms with E-state index in [-0.39, 0.29) is 24.4 Å². The highest BCUT2D eigenvalue weighted by molar-refractivity contribution is 6.54. The van der Waals surface area contributed by atoms with Crippen molar-refractivity contribution in [3.8, 4) is 0 Å². The first-order valence-corrected chi connectivity index (χ1v) is 9.08. The van der Waals surface area contributed by atoms with Gasteiger partial charge in [-0.2, -0.15) is 5.10 Å². The summed E-state index contributed by atoms with van der Waals surface area (Å²) in [6, 6.07) is 0.578. The molecule has 0 amide bonds. The zero-order valence-corrected chi connectivity index (χ0v) is 15.1. The summed E-state index contributed by atoms with van der Waals surface area (Å²) >= 11 is 0. The van der Waals surface area contributed by atoms with Crippen molar-refractivity contribution in [2.24, 2.45) is 0 Å². The molecule has 130 valence electrons. The third-order valence-corrected chi connectivity index (χ3v) is 6.01. The maximum atomic E-state index is 6.19. The third-order valence-electron chi connectivity index (χ3n) is 6.01. The fourth-order valence-electron chi connectivity index (χ4n) is 3.36. The molecule has 3 heterocycles. The van der Waals surface area contributed by atoms with Gasteiger partial charge in [-0.25, -0.2) is 0 Å². The summed E-state index contributed by atoms with van der Waals surface area (Å²) in [6.45, 7) is 9.05. The van der Waals surface area contributed by atoms with Crippen LogP contribution in [-0.4, -0.2) is 34.7 Å². The van der Waals surface area contributed by atoms with Gasteiger partial charge in [0, 0.05) is 11.8 Å². The largest absolute Gasteiger partial charge is 0.490 e. The molecular formula is C18H27BN2O3. The van der Waals surface area contributed by atoms with Gasteiger partial charge in [0.2, 0.25) is 0 Å². The van der Waals surface area contributed by atoms with Crippen LogP contribution in [0.5, 0.6) is 0 Å². The number of ether oxygens (including phenoxy) is 1. The maximum Gasteiger partial charge on any atom is 0.490 e. The molecule has 1 aliphatic carbocycles. The van der Waals surface area contributed by atoms with Crippen molar-refractivity contribution < 1.29 is 14.0 Å². The zero-order chi connectivity index (χ0) is 16.9. The molecule has 0 radical (unpaired) electrons. The second-order valence-corrected chi connectivity index (χ2v) is 8.21. The minimum atomic E-state index is -0.304. The topological polar surface area (TPSA) is 45.5 Å². The second kappa shape index (κ2) is 5.72. The summed E-state index contributed by atoms with van der Waals surface area (Å²) in [5.74, 6) is 0. The van der Waals surface area contributed by atoms with Crippen LogP contribution in [-0.2, 0) is 14.0 Å². The molecule has 1 saturated heterocycles. The Morgan fingerprint density at radius 3 is 2.50 bits per heavy atom. The smallest absolute Gasteiger partial charge is 0.400 e. The lowest BCUT2D eigenvalue weighted by molar-refractivity contribution is 0.00578. The van der Waals surface area contributed by atoms with Gasteiger partial charge in [-0.15, -0.1) is 0 Å². The van der Waals surface area contributed by atoms with E-state index in [1.807, 2.05) is 6.20 Å². The highest BCUT2D eigenvalue weighted by Crippen LogP contribution is 2.40. The van der Waals surface area contributed by atoms with Gasteiger partial charge < -0.3 is 14.0 Å². The normalized spacial score (nSPS) is 29.4. The molecule has 0 bridgehead atoms. The Morgan fingerprint density at radius 2 is 1.88 bits per heavy atom. The van der Waals surface area contributed by atoms with Crippen molar-refractivity contribution >= 4 is 7.12 Å². The second-order valence-electron chi connectivity index (χ2n) is 8.21. The van der Waals surface area contributed by atoms with Gasteiger partial charge in [0.15, 0.2) is 0 Å². The molecule has 1 aromatic heterocycles. The molecule has 3 aliphatic rings. The number of hydrogen-bond donors (Lipinski definition) is 0. The van der Waals surface area contributed by atoms with Crippen molar-refractivity contribution in [3.63, 3.8) is 0 Å². The molecule has 1 unspecified atom stereocenters. The van der Waals surface area contributed by atoms with Gasteiger partial charge in [-0.05, 0) is 58.9 Å². The van der Waals surface area contributed by atoms with E-state index in [0.717, 1.165) is 12.0 Å². The van der Waals surface area contributed by atoms with Crippen LogP contribution in [0.15, 0.2) is 23.9 Å². The van der Waals surface area contributed by atoms with E-state index in [4.69, 9.17) is 14.0 Å². The molecule has 4 rings (SSSR count). The monoisotopic (exact) mass is 330 g/mol. The Kier molecular flexibility index (Phi) is 3.90. The highest BCUT2D eigenvalue weighted by atomic mass is 16.7. The summed E-state index contributed by atoms with van der Waals surface area (Å²) in [5, 5.41) is 4.53. The van der Waals surface area contributed by atoms with E-state index < -0.39 is 0 Å². The van der Waals surface area contributed by atoms with E-state index in [1.54, 1.807) is 0 Å². The van der Waals surface area contributed by atoms with E-state index in [9.17, 15) is 0 Å². The van der Waals surface area contributed by atoms with Crippen molar-refractivity contribution in [2.75, 3.05) is 6.61 Å². The quantitative estimate of drug-likeness (QED) is 0.794. The fourth-order valence-corrected chi connectivity index (χ4v) is 3.36. The summed E-state index contributed by atoms with van der Waals surface area (Å²) in [7, 11) is -0.275. The number of hydrogen-bond acceptors (Lipinski definition) is 4. The summed E-state index contributed by atoms with van der Waals surface area (Å²) in [5.41, 5.74) is 1.69. The molecule has 1 saturated carbocycles. The van der Waals surface area contributed by atoms with Crippen LogP contribution in [0.4, 0.5) is 0 Å². The Labute approximate surface area is 144 Å². The molecule has 6 heteroatoms. The van der Waals surface area contributed by atoms with Crippen LogP contribution in [0.25, 0.3) is 0 Å². The van der Waals surface area contributed by atoms with Gasteiger partial charge >= 0.3 is 7.12 Å². The highest BCUT2D eigenvalue weighted by Gasteiger charge is 2.52. The molecule has 0 spiro atoms. The molecular weight excluding hydrogens is 303 g/mol. The first-order chi connectivity index (χ1) is 11.4. The van der Waals surface area contributed by atoms with Crippen LogP contribution >= 0.6 is 0 Å². The third kappa shape index (κ3) is 2.74. The van der Waals surface area contributed by atoms with E-state index in [2.05, 4.69) is 49.7 Å². The Morgan fingerprint density at radius 1 is 1.17 bits per heavy atom. The Bertz CT molecular complexity index is 632. The first-order valence-electron chi connectivity index (χ1n) is 9.08. The number of nitrogens with zero attached hydrogens (tertiary/aromatic N) is 2. The zero-order valence-electron chi connectivity index (χ0n) is 15.1. The Hall–Kier alpha value is -1.11. The number of rotatable bonds is 3. The SMILES string of the molecule is CC1(C)OB(C2=CC(c3cnn(C4CCC4)c3)OCC2)OC1(C)C. The lowest BCUT2D eigenvalue weighted by atomic mass is 9.74. The van der Waals surface area contributed by atoms with Crippen LogP contribution in [0.2, 0.25) is 0 Å². The van der Waals surface area contributed by atoms with Crippen LogP contribution in [0.1, 0.15) is 71.1 Å². The average Bonchev–Trinajstić information content (AvgIpc) is 3.01. The van der Waals surface area contributed by atoms with Gasteiger partial charge in [0.1, 0.15) is 6.10 Å². The van der Waals surface area contributed by atoms with E-state index in [1.165, 1.54) is 24.7 Å². The van der Waals surface area contributed by atoms with Crippen molar-refractivity contribution in [2.45, 2.75) is 76.7 Å². The van der Waals surface area contributed by atoms with Crippen LogP contribution < -0.4 is 0 Å². The minimum absolute atomic E-state index is 0.0541. The van der Waals surface area contributed by atoms with Crippen molar-refractivity contribution in [3.05, 3.63) is 29.5 Å². The van der Waals surface area contributed by atoms with E-state index >= 15 is 0 Å². The predicted molar refractivity (Wildman–Crippen MR) is 92.6 cm³/mol. The number of aromatic nitrogens is 2. The standard InChI is InChI=1S/C18H27BN2O3/c1-17(2)18(3,4)24-19(23-17)14-8-9-22-16(10-14)13-11-20-21(12-13)15-6-5-7-15/h10-12,15-16H,5-9H2,1-4H3. The molecule has 0 N–H and O–H groups in total. The molecule has 24 heavy (non-hydrogen) atoms. The van der Waals surface area contributed by atoms with Crippen molar-refractivity contribution in [1.82, 2.24) is 9.78 Å². The summed E-state index contributed by atoms with van der Waals surface area (Å²) in [6.07, 6.45) is 10.8. The van der Waals surface area contributed by atoms with Crippen LogP contribution in [0.3, 0.4) is 0 Å². The first kappa shape index (κ1) is 16.4. The van der Waals surface area contributed by atoms with Gasteiger partial charge in [-0.3, -0.25) is 4.68 Å². The Balaban J connectivity index is 1.52. The van der Waals surface area contributed by atoms with Gasteiger partial charge in [0.25, 0.3) is 0 Å². The molecule has 2 aliphatic heterocycles. The fraction of sp³-hybridized carbons (Fsp3) is 0.722. The molecule has 5 nitrogen and oxygen atoms in total. The van der Waals surface area contributed by atoms with Crippen LogP contribution in [0, 0.1) is 0 Å². The van der Waals surface area contributed by atoms with E-state index in [0.29, 0.717) is 12.6 Å². The lowest BCUT2D eigenvalue weighted by Gasteiger charge is -2.32. The molecule has 1 atom stereocenters. The predicted octanol–water partition coefficient (Wildman–Crippen LogP) is 3.63. The summed E-state index contributed by atoms with van der Waals surface area (Å²) < 4.78 is 20.4. The minimum Gasteiger partial charge on any atom is -0.400 e. The average molecular weight is 330 g/mol. The maximum absolute atomic E-state index is 6.19.